The van der Waals surface area contributed by atoms with Crippen LogP contribution in [0.1, 0.15) is 56.6 Å². The van der Waals surface area contributed by atoms with Crippen LogP contribution >= 0.6 is 0 Å². The largest absolute Gasteiger partial charge is 0.376 e. The van der Waals surface area contributed by atoms with Crippen LogP contribution in [0.25, 0.3) is 0 Å². The fraction of sp³-hybridized carbons (Fsp3) is 0.727. The van der Waals surface area contributed by atoms with E-state index in [-0.39, 0.29) is 5.60 Å². The molecule has 1 saturated heterocycles. The fourth-order valence-electron chi connectivity index (χ4n) is 4.15. The van der Waals surface area contributed by atoms with Crippen molar-refractivity contribution in [1.29, 1.82) is 0 Å². The smallest absolute Gasteiger partial charge is 0.0821 e. The number of hydrogen-bond acceptors (Lipinski definition) is 1. The van der Waals surface area contributed by atoms with Gasteiger partial charge in [0.1, 0.15) is 0 Å². The quantitative estimate of drug-likeness (QED) is 0.655. The second-order valence-corrected chi connectivity index (χ2v) is 8.84. The van der Waals surface area contributed by atoms with Crippen molar-refractivity contribution in [3.63, 3.8) is 0 Å². The van der Waals surface area contributed by atoms with Gasteiger partial charge in [-0.1, -0.05) is 29.8 Å². The van der Waals surface area contributed by atoms with Crippen LogP contribution < -0.4 is 10.2 Å². The monoisotopic (exact) mass is 348 g/mol. The molecule has 3 heteroatoms. The predicted molar refractivity (Wildman–Crippen MR) is 105 cm³/mol. The molecule has 1 aromatic rings. The van der Waals surface area contributed by atoms with Crippen molar-refractivity contribution in [3.8, 4) is 0 Å². The highest BCUT2D eigenvalue weighted by Crippen LogP contribution is 2.39. The minimum atomic E-state index is 0.0318. The van der Waals surface area contributed by atoms with E-state index >= 15 is 0 Å². The molecule has 1 heterocycles. The molecule has 1 fully saturated rings. The molecule has 2 rings (SSSR count). The Morgan fingerprint density at radius 2 is 1.92 bits per heavy atom. The van der Waals surface area contributed by atoms with Gasteiger partial charge < -0.3 is 15.0 Å². The lowest BCUT2D eigenvalue weighted by atomic mass is 9.75. The lowest BCUT2D eigenvalue weighted by molar-refractivity contribution is -0.860. The first-order chi connectivity index (χ1) is 11.9. The lowest BCUT2D eigenvalue weighted by Gasteiger charge is -2.39. The standard InChI is InChI=1S/C22H38N2O/c1-18-7-9-19(10-8-18)21(11-14-23-13-6-15-24(4)5)20-12-16-25-22(2,3)17-20/h7-10,20-21,23H,6,11-17H2,1-5H3/p+2/t20-,21+/m1/s1. The summed E-state index contributed by atoms with van der Waals surface area (Å²) >= 11 is 0. The third kappa shape index (κ3) is 7.08. The van der Waals surface area contributed by atoms with Gasteiger partial charge in [0.15, 0.2) is 0 Å². The number of ether oxygens (including phenoxy) is 1. The Morgan fingerprint density at radius 1 is 1.20 bits per heavy atom. The number of benzene rings is 1. The Labute approximate surface area is 155 Å². The lowest BCUT2D eigenvalue weighted by Crippen LogP contribution is -3.06. The minimum absolute atomic E-state index is 0.0318. The summed E-state index contributed by atoms with van der Waals surface area (Å²) in [6.07, 6.45) is 4.96. The van der Waals surface area contributed by atoms with Crippen LogP contribution in [0.15, 0.2) is 24.3 Å². The van der Waals surface area contributed by atoms with Gasteiger partial charge in [0.2, 0.25) is 0 Å². The van der Waals surface area contributed by atoms with Crippen molar-refractivity contribution < 1.29 is 15.0 Å². The Morgan fingerprint density at radius 3 is 2.56 bits per heavy atom. The Hall–Kier alpha value is -0.900. The molecule has 3 nitrogen and oxygen atoms in total. The Bertz CT molecular complexity index is 495. The highest BCUT2D eigenvalue weighted by atomic mass is 16.5. The predicted octanol–water partition coefficient (Wildman–Crippen LogP) is 1.77. The number of hydrogen-bond donors (Lipinski definition) is 2. The summed E-state index contributed by atoms with van der Waals surface area (Å²) in [5, 5.41) is 2.52. The van der Waals surface area contributed by atoms with Gasteiger partial charge in [-0.25, -0.2) is 0 Å². The molecule has 1 aromatic carbocycles. The first-order valence-corrected chi connectivity index (χ1v) is 10.2. The highest BCUT2D eigenvalue weighted by Gasteiger charge is 2.34. The zero-order chi connectivity index (χ0) is 18.3. The maximum atomic E-state index is 5.97. The average molecular weight is 349 g/mol. The SMILES string of the molecule is Cc1ccc([C@H](CC[NH2+]CCC[NH+](C)C)[C@@H]2CCOC(C)(C)C2)cc1. The Kier molecular flexibility index (Phi) is 7.92. The van der Waals surface area contributed by atoms with Gasteiger partial charge in [-0.2, -0.15) is 0 Å². The highest BCUT2D eigenvalue weighted by molar-refractivity contribution is 5.25. The van der Waals surface area contributed by atoms with Crippen molar-refractivity contribution in [3.05, 3.63) is 35.4 Å². The van der Waals surface area contributed by atoms with Crippen molar-refractivity contribution in [2.24, 2.45) is 5.92 Å². The van der Waals surface area contributed by atoms with Gasteiger partial charge in [0, 0.05) is 19.4 Å². The zero-order valence-electron chi connectivity index (χ0n) is 17.1. The maximum Gasteiger partial charge on any atom is 0.0821 e. The van der Waals surface area contributed by atoms with E-state index in [1.807, 2.05) is 0 Å². The molecule has 0 bridgehead atoms. The van der Waals surface area contributed by atoms with Crippen molar-refractivity contribution >= 4 is 0 Å². The van der Waals surface area contributed by atoms with E-state index in [0.717, 1.165) is 12.5 Å². The van der Waals surface area contributed by atoms with Crippen LogP contribution in [0.4, 0.5) is 0 Å². The van der Waals surface area contributed by atoms with E-state index < -0.39 is 0 Å². The van der Waals surface area contributed by atoms with E-state index in [1.165, 1.54) is 56.4 Å². The molecular formula is C22H40N2O+2. The average Bonchev–Trinajstić information content (AvgIpc) is 2.54. The molecule has 1 aliphatic heterocycles. The molecule has 0 aromatic heterocycles. The van der Waals surface area contributed by atoms with Gasteiger partial charge in [0.05, 0.1) is 39.3 Å². The molecule has 1 aliphatic rings. The summed E-state index contributed by atoms with van der Waals surface area (Å²) in [7, 11) is 4.47. The first-order valence-electron chi connectivity index (χ1n) is 10.2. The molecule has 0 radical (unpaired) electrons. The van der Waals surface area contributed by atoms with Gasteiger partial charge in [-0.05, 0) is 51.0 Å². The molecule has 0 amide bonds. The van der Waals surface area contributed by atoms with E-state index in [0.29, 0.717) is 5.92 Å². The first kappa shape index (κ1) is 20.4. The molecule has 142 valence electrons. The van der Waals surface area contributed by atoms with Crippen molar-refractivity contribution in [1.82, 2.24) is 0 Å². The van der Waals surface area contributed by atoms with Crippen molar-refractivity contribution in [2.75, 3.05) is 40.3 Å². The van der Waals surface area contributed by atoms with Crippen molar-refractivity contribution in [2.45, 2.75) is 58.0 Å². The maximum absolute atomic E-state index is 5.97. The zero-order valence-corrected chi connectivity index (χ0v) is 17.1. The number of aryl methyl sites for hydroxylation is 1. The normalized spacial score (nSPS) is 21.4. The molecule has 3 N–H and O–H groups in total. The van der Waals surface area contributed by atoms with Crippen LogP contribution in [0.3, 0.4) is 0 Å². The summed E-state index contributed by atoms with van der Waals surface area (Å²) in [5.74, 6) is 1.41. The second-order valence-electron chi connectivity index (χ2n) is 8.84. The van der Waals surface area contributed by atoms with E-state index in [4.69, 9.17) is 4.74 Å². The van der Waals surface area contributed by atoms with Gasteiger partial charge in [0.25, 0.3) is 0 Å². The minimum Gasteiger partial charge on any atom is -0.376 e. The van der Waals surface area contributed by atoms with E-state index in [9.17, 15) is 0 Å². The van der Waals surface area contributed by atoms with Gasteiger partial charge in [-0.3, -0.25) is 0 Å². The molecule has 0 saturated carbocycles. The fourth-order valence-corrected chi connectivity index (χ4v) is 4.15. The number of nitrogens with two attached hydrogens (primary N) is 1. The summed E-state index contributed by atoms with van der Waals surface area (Å²) < 4.78 is 5.97. The number of nitrogens with one attached hydrogen (secondary N) is 1. The summed E-state index contributed by atoms with van der Waals surface area (Å²) in [6, 6.07) is 9.27. The summed E-state index contributed by atoms with van der Waals surface area (Å²) in [4.78, 5) is 1.55. The van der Waals surface area contributed by atoms with Gasteiger partial charge >= 0.3 is 0 Å². The molecule has 2 atom stereocenters. The Balaban J connectivity index is 1.94. The molecular weight excluding hydrogens is 308 g/mol. The van der Waals surface area contributed by atoms with E-state index in [1.54, 1.807) is 4.90 Å². The summed E-state index contributed by atoms with van der Waals surface area (Å²) in [5.41, 5.74) is 2.91. The van der Waals surface area contributed by atoms with Crippen LogP contribution in [-0.2, 0) is 4.74 Å². The number of rotatable bonds is 9. The summed E-state index contributed by atoms with van der Waals surface area (Å²) in [6.45, 7) is 11.4. The second kappa shape index (κ2) is 9.70. The third-order valence-electron chi connectivity index (χ3n) is 5.58. The molecule has 0 unspecified atom stereocenters. The van der Waals surface area contributed by atoms with Crippen LogP contribution in [0.5, 0.6) is 0 Å². The molecule has 0 aliphatic carbocycles. The van der Waals surface area contributed by atoms with Crippen LogP contribution in [-0.4, -0.2) is 45.9 Å². The molecule has 25 heavy (non-hydrogen) atoms. The van der Waals surface area contributed by atoms with Gasteiger partial charge in [-0.15, -0.1) is 0 Å². The van der Waals surface area contributed by atoms with Crippen LogP contribution in [0, 0.1) is 12.8 Å². The topological polar surface area (TPSA) is 30.3 Å². The number of quaternary nitrogens is 2. The molecule has 0 spiro atoms. The third-order valence-corrected chi connectivity index (χ3v) is 5.58. The van der Waals surface area contributed by atoms with E-state index in [2.05, 4.69) is 64.4 Å². The van der Waals surface area contributed by atoms with Crippen LogP contribution in [0.2, 0.25) is 0 Å².